The molecule has 0 fully saturated rings. The van der Waals surface area contributed by atoms with Crippen LogP contribution in [0.25, 0.3) is 11.1 Å². The van der Waals surface area contributed by atoms with E-state index in [9.17, 15) is 15.0 Å². The van der Waals surface area contributed by atoms with Crippen molar-refractivity contribution >= 4 is 5.91 Å². The topological polar surface area (TPSA) is 83.6 Å². The van der Waals surface area contributed by atoms with Gasteiger partial charge in [-0.2, -0.15) is 0 Å². The molecule has 2 unspecified atom stereocenters. The van der Waals surface area contributed by atoms with Crippen molar-refractivity contribution in [2.24, 2.45) is 5.73 Å². The van der Waals surface area contributed by atoms with Crippen molar-refractivity contribution in [2.75, 3.05) is 0 Å². The molecule has 0 spiro atoms. The van der Waals surface area contributed by atoms with E-state index >= 15 is 0 Å². The Morgan fingerprint density at radius 3 is 2.57 bits per heavy atom. The molecule has 2 aromatic rings. The van der Waals surface area contributed by atoms with Gasteiger partial charge >= 0.3 is 0 Å². The van der Waals surface area contributed by atoms with Crippen molar-refractivity contribution in [1.29, 1.82) is 0 Å². The number of fused-ring (bicyclic) bond motifs is 3. The molecule has 0 saturated heterocycles. The van der Waals surface area contributed by atoms with Gasteiger partial charge in [-0.15, -0.1) is 0 Å². The zero-order valence-electron chi connectivity index (χ0n) is 11.5. The Hall–Kier alpha value is -2.17. The van der Waals surface area contributed by atoms with E-state index < -0.39 is 18.1 Å². The lowest BCUT2D eigenvalue weighted by Crippen LogP contribution is -2.25. The van der Waals surface area contributed by atoms with Gasteiger partial charge in [0.2, 0.25) is 5.91 Å². The molecule has 0 radical (unpaired) electrons. The van der Waals surface area contributed by atoms with Crippen LogP contribution in [0.2, 0.25) is 0 Å². The van der Waals surface area contributed by atoms with Crippen LogP contribution in [0, 0.1) is 0 Å². The third-order valence-corrected chi connectivity index (χ3v) is 3.93. The number of aliphatic hydroxyl groups excluding tert-OH is 2. The number of hydrogen-bond donors (Lipinski definition) is 3. The number of nitrogens with two attached hydrogens (primary N) is 1. The summed E-state index contributed by atoms with van der Waals surface area (Å²) in [4.78, 5) is 10.8. The highest BCUT2D eigenvalue weighted by molar-refractivity contribution is 5.77. The van der Waals surface area contributed by atoms with Crippen LogP contribution < -0.4 is 5.73 Å². The van der Waals surface area contributed by atoms with E-state index in [1.807, 2.05) is 24.3 Å². The number of carbonyl (C=O) groups is 1. The largest absolute Gasteiger partial charge is 0.390 e. The predicted octanol–water partition coefficient (Wildman–Crippen LogP) is 1.53. The normalized spacial score (nSPS) is 15.1. The molecule has 1 aliphatic rings. The molecule has 4 N–H and O–H groups in total. The molecule has 3 rings (SSSR count). The van der Waals surface area contributed by atoms with Crippen LogP contribution in [0.15, 0.2) is 42.5 Å². The quantitative estimate of drug-likeness (QED) is 0.679. The summed E-state index contributed by atoms with van der Waals surface area (Å²) in [6.07, 6.45) is -1.72. The first-order valence-corrected chi connectivity index (χ1v) is 6.92. The van der Waals surface area contributed by atoms with Crippen LogP contribution in [0.4, 0.5) is 0 Å². The highest BCUT2D eigenvalue weighted by Crippen LogP contribution is 2.37. The maximum Gasteiger partial charge on any atom is 0.220 e. The molecule has 108 valence electrons. The Balaban J connectivity index is 1.88. The Morgan fingerprint density at radius 2 is 1.81 bits per heavy atom. The Labute approximate surface area is 122 Å². The van der Waals surface area contributed by atoms with Crippen molar-refractivity contribution in [2.45, 2.75) is 25.0 Å². The molecule has 4 heteroatoms. The van der Waals surface area contributed by atoms with Crippen LogP contribution in [0.1, 0.15) is 29.2 Å². The van der Waals surface area contributed by atoms with Gasteiger partial charge in [-0.05, 0) is 34.2 Å². The molecular weight excluding hydrogens is 266 g/mol. The number of carbonyl (C=O) groups excluding carboxylic acids is 1. The lowest BCUT2D eigenvalue weighted by Gasteiger charge is -2.17. The summed E-state index contributed by atoms with van der Waals surface area (Å²) in [5.41, 5.74) is 10.4. The Morgan fingerprint density at radius 1 is 1.10 bits per heavy atom. The molecule has 4 nitrogen and oxygen atoms in total. The van der Waals surface area contributed by atoms with Crippen LogP contribution in [0.5, 0.6) is 0 Å². The number of hydrogen-bond acceptors (Lipinski definition) is 3. The van der Waals surface area contributed by atoms with Crippen LogP contribution in [0.3, 0.4) is 0 Å². The number of rotatable bonds is 4. The lowest BCUT2D eigenvalue weighted by molar-refractivity contribution is -0.121. The lowest BCUT2D eigenvalue weighted by atomic mass is 9.97. The second-order valence-corrected chi connectivity index (χ2v) is 5.43. The number of amides is 1. The van der Waals surface area contributed by atoms with E-state index in [2.05, 4.69) is 12.1 Å². The van der Waals surface area contributed by atoms with Gasteiger partial charge in [-0.1, -0.05) is 42.5 Å². The van der Waals surface area contributed by atoms with Crippen molar-refractivity contribution in [3.63, 3.8) is 0 Å². The summed E-state index contributed by atoms with van der Waals surface area (Å²) in [6, 6.07) is 13.8. The summed E-state index contributed by atoms with van der Waals surface area (Å²) in [6.45, 7) is 0. The van der Waals surface area contributed by atoms with E-state index in [0.29, 0.717) is 5.56 Å². The third-order valence-electron chi connectivity index (χ3n) is 3.93. The molecule has 0 saturated carbocycles. The summed E-state index contributed by atoms with van der Waals surface area (Å²) in [5.74, 6) is -0.630. The number of benzene rings is 2. The SMILES string of the molecule is NC(=O)CC(O)C(O)c1ccc2c(c1)Cc1ccccc1-2. The minimum atomic E-state index is -1.18. The van der Waals surface area contributed by atoms with Crippen molar-refractivity contribution in [1.82, 2.24) is 0 Å². The fourth-order valence-corrected chi connectivity index (χ4v) is 2.89. The van der Waals surface area contributed by atoms with Gasteiger partial charge in [-0.3, -0.25) is 4.79 Å². The monoisotopic (exact) mass is 283 g/mol. The number of aliphatic hydroxyl groups is 2. The van der Waals surface area contributed by atoms with Gasteiger partial charge in [0.1, 0.15) is 6.10 Å². The standard InChI is InChI=1S/C17H17NO3/c18-16(20)9-15(19)17(21)11-5-6-14-12(8-11)7-10-3-1-2-4-13(10)14/h1-6,8,15,17,19,21H,7,9H2,(H2,18,20). The Bertz CT molecular complexity index is 696. The van der Waals surface area contributed by atoms with Crippen molar-refractivity contribution in [3.05, 3.63) is 59.2 Å². The molecule has 1 aliphatic carbocycles. The van der Waals surface area contributed by atoms with E-state index in [0.717, 1.165) is 17.5 Å². The fourth-order valence-electron chi connectivity index (χ4n) is 2.89. The summed E-state index contributed by atoms with van der Waals surface area (Å²) < 4.78 is 0. The molecule has 0 heterocycles. The van der Waals surface area contributed by atoms with E-state index in [1.54, 1.807) is 6.07 Å². The van der Waals surface area contributed by atoms with Gasteiger partial charge < -0.3 is 15.9 Å². The molecule has 2 aromatic carbocycles. The molecule has 0 bridgehead atoms. The summed E-state index contributed by atoms with van der Waals surface area (Å²) in [7, 11) is 0. The van der Waals surface area contributed by atoms with Gasteiger partial charge in [0.25, 0.3) is 0 Å². The fraction of sp³-hybridized carbons (Fsp3) is 0.235. The molecular formula is C17H17NO3. The van der Waals surface area contributed by atoms with Crippen LogP contribution in [-0.4, -0.2) is 22.2 Å². The maximum absolute atomic E-state index is 10.8. The second kappa shape index (κ2) is 5.31. The molecule has 1 amide bonds. The molecule has 2 atom stereocenters. The average Bonchev–Trinajstić information content (AvgIpc) is 2.83. The smallest absolute Gasteiger partial charge is 0.220 e. The minimum absolute atomic E-state index is 0.252. The summed E-state index contributed by atoms with van der Waals surface area (Å²) in [5, 5.41) is 19.9. The number of primary amides is 1. The summed E-state index contributed by atoms with van der Waals surface area (Å²) >= 11 is 0. The van der Waals surface area contributed by atoms with Gasteiger partial charge in [0.05, 0.1) is 12.5 Å². The zero-order chi connectivity index (χ0) is 15.0. The predicted molar refractivity (Wildman–Crippen MR) is 79.5 cm³/mol. The van der Waals surface area contributed by atoms with E-state index in [4.69, 9.17) is 5.73 Å². The first kappa shape index (κ1) is 13.8. The van der Waals surface area contributed by atoms with Crippen molar-refractivity contribution < 1.29 is 15.0 Å². The van der Waals surface area contributed by atoms with Gasteiger partial charge in [0.15, 0.2) is 0 Å². The average molecular weight is 283 g/mol. The molecule has 0 aliphatic heterocycles. The van der Waals surface area contributed by atoms with Gasteiger partial charge in [0, 0.05) is 0 Å². The van der Waals surface area contributed by atoms with Crippen LogP contribution >= 0.6 is 0 Å². The molecule has 21 heavy (non-hydrogen) atoms. The highest BCUT2D eigenvalue weighted by Gasteiger charge is 2.23. The van der Waals surface area contributed by atoms with Crippen LogP contribution in [-0.2, 0) is 11.2 Å². The highest BCUT2D eigenvalue weighted by atomic mass is 16.3. The first-order valence-electron chi connectivity index (χ1n) is 6.92. The van der Waals surface area contributed by atoms with Crippen molar-refractivity contribution in [3.8, 4) is 11.1 Å². The van der Waals surface area contributed by atoms with E-state index in [1.165, 1.54) is 11.1 Å². The molecule has 0 aromatic heterocycles. The minimum Gasteiger partial charge on any atom is -0.390 e. The third kappa shape index (κ3) is 2.55. The van der Waals surface area contributed by atoms with Gasteiger partial charge in [-0.25, -0.2) is 0 Å². The first-order chi connectivity index (χ1) is 10.1. The zero-order valence-corrected chi connectivity index (χ0v) is 11.5. The maximum atomic E-state index is 10.8. The second-order valence-electron chi connectivity index (χ2n) is 5.43. The van der Waals surface area contributed by atoms with E-state index in [-0.39, 0.29) is 6.42 Å². The Kier molecular flexibility index (Phi) is 3.49.